The molecule has 1 aromatic carbocycles. The quantitative estimate of drug-likeness (QED) is 0.650. The maximum Gasteiger partial charge on any atom is 0.128 e. The van der Waals surface area contributed by atoms with Gasteiger partial charge in [0.25, 0.3) is 0 Å². The molecule has 0 aliphatic carbocycles. The third-order valence-electron chi connectivity index (χ3n) is 1.24. The number of hydrogen-bond donors (Lipinski definition) is 1. The Morgan fingerprint density at radius 1 is 1.70 bits per heavy atom. The minimum atomic E-state index is -0.197. The smallest absolute Gasteiger partial charge is 0.128 e. The molecular weight excluding hydrogens is 129 g/mol. The van der Waals surface area contributed by atoms with Crippen LogP contribution in [0, 0.1) is 11.9 Å². The van der Waals surface area contributed by atoms with Gasteiger partial charge >= 0.3 is 0 Å². The lowest BCUT2D eigenvalue weighted by Crippen LogP contribution is -2.06. The van der Waals surface area contributed by atoms with Crippen LogP contribution >= 0.6 is 0 Å². The highest BCUT2D eigenvalue weighted by Crippen LogP contribution is 2.03. The fourth-order valence-corrected chi connectivity index (χ4v) is 0.763. The zero-order valence-electron chi connectivity index (χ0n) is 5.82. The Balaban J connectivity index is 2.81. The Morgan fingerprint density at radius 3 is 3.10 bits per heavy atom. The van der Waals surface area contributed by atoms with E-state index in [1.165, 1.54) is 6.07 Å². The number of benzene rings is 1. The van der Waals surface area contributed by atoms with Crippen LogP contribution in [0.2, 0.25) is 0 Å². The number of rotatable bonds is 2. The number of halogens is 1. The van der Waals surface area contributed by atoms with Crippen LogP contribution in [0.4, 0.5) is 4.39 Å². The zero-order chi connectivity index (χ0) is 7.40. The van der Waals surface area contributed by atoms with E-state index in [2.05, 4.69) is 11.4 Å². The second-order valence-electron chi connectivity index (χ2n) is 2.03. The predicted molar refractivity (Wildman–Crippen MR) is 38.0 cm³/mol. The topological polar surface area (TPSA) is 12.0 Å². The van der Waals surface area contributed by atoms with Crippen molar-refractivity contribution in [3.63, 3.8) is 0 Å². The molecule has 0 bridgehead atoms. The van der Waals surface area contributed by atoms with Crippen LogP contribution in [0.25, 0.3) is 0 Å². The van der Waals surface area contributed by atoms with E-state index in [1.54, 1.807) is 19.2 Å². The maximum atomic E-state index is 12.7. The first-order valence-electron chi connectivity index (χ1n) is 3.14. The van der Waals surface area contributed by atoms with Crippen molar-refractivity contribution in [3.8, 4) is 0 Å². The molecule has 1 N–H and O–H groups in total. The highest BCUT2D eigenvalue weighted by Gasteiger charge is 1.96. The normalized spacial score (nSPS) is 9.80. The minimum absolute atomic E-state index is 0.197. The van der Waals surface area contributed by atoms with E-state index < -0.39 is 0 Å². The molecule has 0 heterocycles. The largest absolute Gasteiger partial charge is 0.316 e. The molecule has 0 saturated carbocycles. The first kappa shape index (κ1) is 7.22. The monoisotopic (exact) mass is 138 g/mol. The van der Waals surface area contributed by atoms with Crippen molar-refractivity contribution in [2.24, 2.45) is 0 Å². The van der Waals surface area contributed by atoms with Gasteiger partial charge in [0.15, 0.2) is 0 Å². The molecule has 0 spiro atoms. The first-order chi connectivity index (χ1) is 4.84. The molecular formula is C8H9FN. The summed E-state index contributed by atoms with van der Waals surface area (Å²) in [6, 6.07) is 7.57. The van der Waals surface area contributed by atoms with Crippen molar-refractivity contribution in [2.45, 2.75) is 6.54 Å². The third kappa shape index (κ3) is 1.54. The summed E-state index contributed by atoms with van der Waals surface area (Å²) < 4.78 is 12.7. The second kappa shape index (κ2) is 3.32. The van der Waals surface area contributed by atoms with Crippen LogP contribution in [0.5, 0.6) is 0 Å². The average Bonchev–Trinajstić information content (AvgIpc) is 1.94. The summed E-state index contributed by atoms with van der Waals surface area (Å²) in [5, 5.41) is 2.85. The molecule has 0 aliphatic heterocycles. The van der Waals surface area contributed by atoms with E-state index in [-0.39, 0.29) is 5.82 Å². The molecule has 0 unspecified atom stereocenters. The molecule has 0 aromatic heterocycles. The van der Waals surface area contributed by atoms with E-state index in [4.69, 9.17) is 0 Å². The van der Waals surface area contributed by atoms with Crippen LogP contribution in [-0.2, 0) is 6.54 Å². The van der Waals surface area contributed by atoms with E-state index in [0.717, 1.165) is 0 Å². The highest BCUT2D eigenvalue weighted by atomic mass is 19.1. The van der Waals surface area contributed by atoms with Crippen molar-refractivity contribution in [2.75, 3.05) is 7.05 Å². The number of nitrogens with one attached hydrogen (secondary N) is 1. The Labute approximate surface area is 59.9 Å². The van der Waals surface area contributed by atoms with Gasteiger partial charge in [-0.25, -0.2) is 4.39 Å². The highest BCUT2D eigenvalue weighted by molar-refractivity contribution is 5.15. The van der Waals surface area contributed by atoms with Gasteiger partial charge in [-0.3, -0.25) is 0 Å². The van der Waals surface area contributed by atoms with Gasteiger partial charge in [-0.05, 0) is 19.2 Å². The maximum absolute atomic E-state index is 12.7. The zero-order valence-corrected chi connectivity index (χ0v) is 5.82. The summed E-state index contributed by atoms with van der Waals surface area (Å²) in [6.07, 6.45) is 0. The molecule has 0 amide bonds. The molecule has 1 nitrogen and oxygen atoms in total. The summed E-state index contributed by atoms with van der Waals surface area (Å²) >= 11 is 0. The predicted octanol–water partition coefficient (Wildman–Crippen LogP) is 1.35. The standard InChI is InChI=1S/C8H9FN/c1-10-6-7-4-2-3-5-8(7)9/h2-3,5,10H,6H2,1H3. The van der Waals surface area contributed by atoms with Gasteiger partial charge in [0, 0.05) is 12.1 Å². The number of hydrogen-bond acceptors (Lipinski definition) is 1. The van der Waals surface area contributed by atoms with Gasteiger partial charge in [0.2, 0.25) is 0 Å². The van der Waals surface area contributed by atoms with Gasteiger partial charge in [0.1, 0.15) is 5.82 Å². The lowest BCUT2D eigenvalue weighted by molar-refractivity contribution is 0.600. The van der Waals surface area contributed by atoms with E-state index in [9.17, 15) is 4.39 Å². The molecule has 1 rings (SSSR count). The Bertz CT molecular complexity index is 210. The molecule has 10 heavy (non-hydrogen) atoms. The van der Waals surface area contributed by atoms with Crippen molar-refractivity contribution < 1.29 is 4.39 Å². The minimum Gasteiger partial charge on any atom is -0.316 e. The van der Waals surface area contributed by atoms with E-state index in [0.29, 0.717) is 12.1 Å². The Kier molecular flexibility index (Phi) is 2.40. The summed E-state index contributed by atoms with van der Waals surface area (Å²) in [4.78, 5) is 0. The average molecular weight is 138 g/mol. The first-order valence-corrected chi connectivity index (χ1v) is 3.14. The summed E-state index contributed by atoms with van der Waals surface area (Å²) in [7, 11) is 1.78. The summed E-state index contributed by atoms with van der Waals surface area (Å²) in [6.45, 7) is 0.534. The van der Waals surface area contributed by atoms with Gasteiger partial charge in [-0.15, -0.1) is 0 Å². The fourth-order valence-electron chi connectivity index (χ4n) is 0.763. The van der Waals surface area contributed by atoms with Crippen LogP contribution in [0.15, 0.2) is 18.2 Å². The van der Waals surface area contributed by atoms with E-state index in [1.807, 2.05) is 0 Å². The van der Waals surface area contributed by atoms with Crippen LogP contribution < -0.4 is 5.32 Å². The molecule has 0 aliphatic rings. The van der Waals surface area contributed by atoms with Gasteiger partial charge in [-0.1, -0.05) is 12.1 Å². The molecule has 0 fully saturated rings. The van der Waals surface area contributed by atoms with Crippen molar-refractivity contribution >= 4 is 0 Å². The van der Waals surface area contributed by atoms with Gasteiger partial charge in [0.05, 0.1) is 0 Å². The molecule has 0 atom stereocenters. The van der Waals surface area contributed by atoms with Crippen molar-refractivity contribution in [1.29, 1.82) is 0 Å². The summed E-state index contributed by atoms with van der Waals surface area (Å²) in [5.74, 6) is -0.197. The lowest BCUT2D eigenvalue weighted by Gasteiger charge is -1.98. The molecule has 1 aromatic rings. The van der Waals surface area contributed by atoms with Crippen molar-refractivity contribution in [3.05, 3.63) is 35.6 Å². The van der Waals surface area contributed by atoms with Crippen LogP contribution in [-0.4, -0.2) is 7.05 Å². The van der Waals surface area contributed by atoms with Crippen LogP contribution in [0.1, 0.15) is 5.56 Å². The van der Waals surface area contributed by atoms with E-state index >= 15 is 0 Å². The summed E-state index contributed by atoms with van der Waals surface area (Å²) in [5.41, 5.74) is 0.588. The SMILES string of the molecule is CNCc1[c]cccc1F. The fraction of sp³-hybridized carbons (Fsp3) is 0.250. The second-order valence-corrected chi connectivity index (χ2v) is 2.03. The third-order valence-corrected chi connectivity index (χ3v) is 1.24. The molecule has 2 heteroatoms. The van der Waals surface area contributed by atoms with Crippen LogP contribution in [0.3, 0.4) is 0 Å². The molecule has 0 saturated heterocycles. The van der Waals surface area contributed by atoms with Gasteiger partial charge in [-0.2, -0.15) is 0 Å². The molecule has 53 valence electrons. The lowest BCUT2D eigenvalue weighted by atomic mass is 10.2. The van der Waals surface area contributed by atoms with Crippen molar-refractivity contribution in [1.82, 2.24) is 5.32 Å². The molecule has 1 radical (unpaired) electrons. The van der Waals surface area contributed by atoms with Gasteiger partial charge < -0.3 is 5.32 Å². The Morgan fingerprint density at radius 2 is 2.50 bits per heavy atom. The Hall–Kier alpha value is -0.890.